The Morgan fingerprint density at radius 1 is 1.35 bits per heavy atom. The van der Waals surface area contributed by atoms with Gasteiger partial charge in [0.25, 0.3) is 0 Å². The molecule has 0 aromatic heterocycles. The molecule has 2 aliphatic carbocycles. The van der Waals surface area contributed by atoms with Crippen LogP contribution in [0.3, 0.4) is 0 Å². The van der Waals surface area contributed by atoms with Crippen LogP contribution < -0.4 is 0 Å². The minimum absolute atomic E-state index is 0.208. The van der Waals surface area contributed by atoms with Crippen LogP contribution in [-0.2, 0) is 0 Å². The Bertz CT molecular complexity index is 306. The molecule has 0 spiro atoms. The third-order valence-electron chi connectivity index (χ3n) is 5.16. The van der Waals surface area contributed by atoms with E-state index in [-0.39, 0.29) is 11.8 Å². The van der Waals surface area contributed by atoms with E-state index >= 15 is 0 Å². The van der Waals surface area contributed by atoms with Crippen LogP contribution in [0.25, 0.3) is 0 Å². The van der Waals surface area contributed by atoms with Crippen LogP contribution in [0, 0.1) is 23.7 Å². The van der Waals surface area contributed by atoms with Crippen LogP contribution in [0.5, 0.6) is 0 Å². The summed E-state index contributed by atoms with van der Waals surface area (Å²) in [5.41, 5.74) is 0.368. The largest absolute Gasteiger partial charge is 0.390 e. The second kappa shape index (κ2) is 4.40. The predicted molar refractivity (Wildman–Crippen MR) is 69.5 cm³/mol. The van der Waals surface area contributed by atoms with E-state index < -0.39 is 11.7 Å². The SMILES string of the molecule is C=C1CCC2C(C1O)C(C(C)C)CCC2(C)O. The molecule has 0 aromatic rings. The highest BCUT2D eigenvalue weighted by atomic mass is 16.3. The Balaban J connectivity index is 2.30. The average molecular weight is 238 g/mol. The lowest BCUT2D eigenvalue weighted by atomic mass is 9.56. The summed E-state index contributed by atoms with van der Waals surface area (Å²) >= 11 is 0. The molecule has 2 nitrogen and oxygen atoms in total. The number of aliphatic hydroxyl groups excluding tert-OH is 1. The van der Waals surface area contributed by atoms with Gasteiger partial charge in [-0.05, 0) is 61.9 Å². The quantitative estimate of drug-likeness (QED) is 0.690. The third-order valence-corrected chi connectivity index (χ3v) is 5.16. The van der Waals surface area contributed by atoms with E-state index in [4.69, 9.17) is 0 Å². The van der Waals surface area contributed by atoms with E-state index in [1.165, 1.54) is 0 Å². The zero-order chi connectivity index (χ0) is 12.8. The molecule has 2 fully saturated rings. The maximum absolute atomic E-state index is 10.5. The van der Waals surface area contributed by atoms with Gasteiger partial charge >= 0.3 is 0 Å². The summed E-state index contributed by atoms with van der Waals surface area (Å²) in [4.78, 5) is 0. The van der Waals surface area contributed by atoms with Crippen molar-refractivity contribution in [1.82, 2.24) is 0 Å². The summed E-state index contributed by atoms with van der Waals surface area (Å²) < 4.78 is 0. The third kappa shape index (κ3) is 2.17. The van der Waals surface area contributed by atoms with Crippen LogP contribution in [0.1, 0.15) is 46.5 Å². The number of hydrogen-bond acceptors (Lipinski definition) is 2. The van der Waals surface area contributed by atoms with Crippen molar-refractivity contribution in [2.75, 3.05) is 0 Å². The molecule has 5 atom stereocenters. The van der Waals surface area contributed by atoms with Crippen molar-refractivity contribution in [3.63, 3.8) is 0 Å². The lowest BCUT2D eigenvalue weighted by Gasteiger charge is -2.52. The lowest BCUT2D eigenvalue weighted by Crippen LogP contribution is -2.53. The summed E-state index contributed by atoms with van der Waals surface area (Å²) in [6.07, 6.45) is 3.33. The van der Waals surface area contributed by atoms with Crippen LogP contribution in [0.2, 0.25) is 0 Å². The molecule has 0 heterocycles. The highest BCUT2D eigenvalue weighted by Crippen LogP contribution is 2.51. The first kappa shape index (κ1) is 13.1. The van der Waals surface area contributed by atoms with Gasteiger partial charge in [-0.3, -0.25) is 0 Å². The normalized spacial score (nSPS) is 47.1. The molecule has 2 rings (SSSR count). The molecule has 17 heavy (non-hydrogen) atoms. The average Bonchev–Trinajstić information content (AvgIpc) is 2.23. The van der Waals surface area contributed by atoms with Gasteiger partial charge in [-0.25, -0.2) is 0 Å². The van der Waals surface area contributed by atoms with Crippen LogP contribution in [-0.4, -0.2) is 21.9 Å². The molecular weight excluding hydrogens is 212 g/mol. The number of fused-ring (bicyclic) bond motifs is 1. The van der Waals surface area contributed by atoms with Crippen LogP contribution in [0.15, 0.2) is 12.2 Å². The fourth-order valence-corrected chi connectivity index (χ4v) is 4.05. The van der Waals surface area contributed by atoms with E-state index in [0.29, 0.717) is 11.8 Å². The summed E-state index contributed by atoms with van der Waals surface area (Å²) in [5.74, 6) is 1.54. The zero-order valence-corrected chi connectivity index (χ0v) is 11.3. The molecule has 0 saturated heterocycles. The Morgan fingerprint density at radius 2 is 2.00 bits per heavy atom. The van der Waals surface area contributed by atoms with Gasteiger partial charge in [0.2, 0.25) is 0 Å². The van der Waals surface area contributed by atoms with Crippen molar-refractivity contribution in [1.29, 1.82) is 0 Å². The lowest BCUT2D eigenvalue weighted by molar-refractivity contribution is -0.127. The molecule has 0 aliphatic heterocycles. The van der Waals surface area contributed by atoms with Gasteiger partial charge in [0.05, 0.1) is 11.7 Å². The molecule has 2 aliphatic rings. The highest BCUT2D eigenvalue weighted by Gasteiger charge is 2.50. The van der Waals surface area contributed by atoms with Crippen molar-refractivity contribution in [2.45, 2.75) is 58.2 Å². The van der Waals surface area contributed by atoms with Gasteiger partial charge in [0, 0.05) is 0 Å². The van der Waals surface area contributed by atoms with Crippen molar-refractivity contribution in [3.05, 3.63) is 12.2 Å². The first-order chi connectivity index (χ1) is 7.84. The minimum atomic E-state index is -0.599. The Hall–Kier alpha value is -0.340. The van der Waals surface area contributed by atoms with Gasteiger partial charge in [0.15, 0.2) is 0 Å². The number of hydrogen-bond donors (Lipinski definition) is 2. The molecule has 0 radical (unpaired) electrons. The maximum atomic E-state index is 10.5. The number of rotatable bonds is 1. The van der Waals surface area contributed by atoms with Crippen molar-refractivity contribution in [3.8, 4) is 0 Å². The Labute approximate surface area is 105 Å². The summed E-state index contributed by atoms with van der Waals surface area (Å²) in [5, 5.41) is 20.9. The molecule has 98 valence electrons. The smallest absolute Gasteiger partial charge is 0.0782 e. The van der Waals surface area contributed by atoms with E-state index in [1.807, 2.05) is 6.92 Å². The van der Waals surface area contributed by atoms with Crippen molar-refractivity contribution in [2.24, 2.45) is 23.7 Å². The monoisotopic (exact) mass is 238 g/mol. The first-order valence-corrected chi connectivity index (χ1v) is 6.92. The number of aliphatic hydroxyl groups is 2. The molecular formula is C15H26O2. The molecule has 0 bridgehead atoms. The van der Waals surface area contributed by atoms with E-state index in [2.05, 4.69) is 20.4 Å². The van der Waals surface area contributed by atoms with Crippen molar-refractivity contribution < 1.29 is 10.2 Å². The second-order valence-electron chi connectivity index (χ2n) is 6.63. The highest BCUT2D eigenvalue weighted by molar-refractivity contribution is 5.14. The Kier molecular flexibility index (Phi) is 3.39. The van der Waals surface area contributed by atoms with Gasteiger partial charge < -0.3 is 10.2 Å². The van der Waals surface area contributed by atoms with Gasteiger partial charge in [-0.15, -0.1) is 0 Å². The first-order valence-electron chi connectivity index (χ1n) is 6.92. The molecule has 2 heteroatoms. The van der Waals surface area contributed by atoms with E-state index in [0.717, 1.165) is 31.3 Å². The van der Waals surface area contributed by atoms with E-state index in [9.17, 15) is 10.2 Å². The minimum Gasteiger partial charge on any atom is -0.390 e. The maximum Gasteiger partial charge on any atom is 0.0782 e. The van der Waals surface area contributed by atoms with Crippen LogP contribution in [0.4, 0.5) is 0 Å². The molecule has 0 aromatic carbocycles. The molecule has 5 unspecified atom stereocenters. The summed E-state index contributed by atoms with van der Waals surface area (Å²) in [6, 6.07) is 0. The summed E-state index contributed by atoms with van der Waals surface area (Å²) in [7, 11) is 0. The predicted octanol–water partition coefficient (Wildman–Crippen LogP) is 2.75. The summed E-state index contributed by atoms with van der Waals surface area (Å²) in [6.45, 7) is 10.4. The van der Waals surface area contributed by atoms with Gasteiger partial charge in [-0.1, -0.05) is 20.4 Å². The molecule has 0 amide bonds. The van der Waals surface area contributed by atoms with Gasteiger partial charge in [-0.2, -0.15) is 0 Å². The Morgan fingerprint density at radius 3 is 2.59 bits per heavy atom. The van der Waals surface area contributed by atoms with E-state index in [1.54, 1.807) is 0 Å². The van der Waals surface area contributed by atoms with Gasteiger partial charge in [0.1, 0.15) is 0 Å². The van der Waals surface area contributed by atoms with Crippen LogP contribution >= 0.6 is 0 Å². The molecule has 2 N–H and O–H groups in total. The second-order valence-corrected chi connectivity index (χ2v) is 6.63. The topological polar surface area (TPSA) is 40.5 Å². The van der Waals surface area contributed by atoms with Crippen molar-refractivity contribution >= 4 is 0 Å². The molecule has 2 saturated carbocycles. The fraction of sp³-hybridized carbons (Fsp3) is 0.867. The standard InChI is InChI=1S/C15H26O2/c1-9(2)11-7-8-15(4,17)12-6-5-10(3)14(16)13(11)12/h9,11-14,16-17H,3,5-8H2,1-2,4H3. The zero-order valence-electron chi connectivity index (χ0n) is 11.3. The fourth-order valence-electron chi connectivity index (χ4n) is 4.05.